The summed E-state index contributed by atoms with van der Waals surface area (Å²) in [5, 5.41) is 32.4. The molecule has 0 spiro atoms. The predicted molar refractivity (Wildman–Crippen MR) is 345 cm³/mol. The molecule has 3 aromatic rings. The Kier molecular flexibility index (Phi) is 27.7. The molecule has 8 rings (SSSR count). The van der Waals surface area contributed by atoms with Crippen LogP contribution in [0.2, 0.25) is 0 Å². The number of hydrogen-bond donors (Lipinski definition) is 4. The third kappa shape index (κ3) is 18.8. The van der Waals surface area contributed by atoms with Crippen molar-refractivity contribution in [1.29, 1.82) is 0 Å². The molecule has 0 unspecified atom stereocenters. The number of Topliss-reactive ketones (excluding diaryl/α,β-unsaturated/α-hetero) is 1. The lowest BCUT2D eigenvalue weighted by atomic mass is 9.44. The maximum atomic E-state index is 15.9. The van der Waals surface area contributed by atoms with Crippen LogP contribution >= 0.6 is 0 Å². The summed E-state index contributed by atoms with van der Waals surface area (Å²) in [6.07, 6.45) is -11.9. The van der Waals surface area contributed by atoms with Gasteiger partial charge in [0.25, 0.3) is 17.7 Å². The van der Waals surface area contributed by atoms with Crippen LogP contribution in [0, 0.1) is 16.7 Å². The Bertz CT molecular complexity index is 3390. The average molecular weight is 1400 g/mol. The number of nitrogens with one attached hydrogen (secondary N) is 2. The van der Waals surface area contributed by atoms with Gasteiger partial charge in [-0.3, -0.25) is 38.4 Å². The van der Waals surface area contributed by atoms with Crippen molar-refractivity contribution in [1.82, 2.24) is 15.7 Å². The smallest absolute Gasteiger partial charge is 0.350 e. The number of ketones is 1. The van der Waals surface area contributed by atoms with Gasteiger partial charge in [0.05, 0.1) is 115 Å². The number of nitrogens with zero attached hydrogens (tertiary/aromatic N) is 1. The molecule has 5 aliphatic rings. The van der Waals surface area contributed by atoms with E-state index in [1.807, 2.05) is 0 Å². The zero-order chi connectivity index (χ0) is 72.2. The molecule has 29 heteroatoms. The molecular formula is C71H89N3O26. The van der Waals surface area contributed by atoms with Gasteiger partial charge in [-0.05, 0) is 61.2 Å². The van der Waals surface area contributed by atoms with E-state index in [2.05, 4.69) is 10.6 Å². The molecule has 100 heavy (non-hydrogen) atoms. The zero-order valence-corrected chi connectivity index (χ0v) is 57.0. The first-order valence-electron chi connectivity index (χ1n) is 33.3. The highest BCUT2D eigenvalue weighted by molar-refractivity contribution is 6.01. The zero-order valence-electron chi connectivity index (χ0n) is 57.0. The predicted octanol–water partition coefficient (Wildman–Crippen LogP) is 3.67. The minimum Gasteiger partial charge on any atom is -0.455 e. The number of benzene rings is 3. The Labute approximate surface area is 578 Å². The molecule has 2 bridgehead atoms. The van der Waals surface area contributed by atoms with Crippen LogP contribution < -0.4 is 10.6 Å². The maximum Gasteiger partial charge on any atom is 0.350 e. The Balaban J connectivity index is 0.872. The number of aliphatic hydroxyl groups excluding tert-OH is 1. The van der Waals surface area contributed by atoms with Gasteiger partial charge in [-0.2, -0.15) is 0 Å². The highest BCUT2D eigenvalue weighted by Crippen LogP contribution is 2.64. The highest BCUT2D eigenvalue weighted by atomic mass is 16.7. The van der Waals surface area contributed by atoms with Gasteiger partial charge in [-0.15, -0.1) is 5.06 Å². The molecule has 0 aromatic heterocycles. The van der Waals surface area contributed by atoms with E-state index in [9.17, 15) is 53.4 Å². The number of carbonyl (C=O) groups excluding carboxylic acids is 11. The number of fused-ring (bicyclic) bond motifs is 5. The molecule has 4 N–H and O–H groups in total. The molecule has 544 valence electrons. The minimum atomic E-state index is -2.52. The van der Waals surface area contributed by atoms with E-state index in [-0.39, 0.29) is 119 Å². The van der Waals surface area contributed by atoms with E-state index < -0.39 is 149 Å². The lowest BCUT2D eigenvalue weighted by molar-refractivity contribution is -0.346. The van der Waals surface area contributed by atoms with Crippen molar-refractivity contribution in [3.05, 3.63) is 119 Å². The number of esters is 5. The fourth-order valence-corrected chi connectivity index (χ4v) is 13.4. The second-order valence-corrected chi connectivity index (χ2v) is 25.5. The molecule has 3 aliphatic carbocycles. The summed E-state index contributed by atoms with van der Waals surface area (Å²) in [6, 6.07) is 22.3. The van der Waals surface area contributed by atoms with E-state index in [4.69, 9.17) is 61.7 Å². The quantitative estimate of drug-likeness (QED) is 0.0210. The first-order chi connectivity index (χ1) is 47.8. The number of ether oxygens (including phenoxy) is 12. The monoisotopic (exact) mass is 1400 g/mol. The van der Waals surface area contributed by atoms with Crippen molar-refractivity contribution < 1.29 is 125 Å². The molecule has 11 atom stereocenters. The van der Waals surface area contributed by atoms with Crippen LogP contribution in [0.15, 0.2) is 102 Å². The third-order valence-corrected chi connectivity index (χ3v) is 18.6. The average Bonchev–Trinajstić information content (AvgIpc) is 0.686. The molecule has 2 saturated heterocycles. The van der Waals surface area contributed by atoms with Crippen LogP contribution in [0.4, 0.5) is 0 Å². The normalized spacial score (nSPS) is 24.9. The minimum absolute atomic E-state index is 0.0153. The first-order valence-corrected chi connectivity index (χ1v) is 33.3. The molecule has 2 saturated carbocycles. The summed E-state index contributed by atoms with van der Waals surface area (Å²) in [4.78, 5) is 154. The van der Waals surface area contributed by atoms with Crippen LogP contribution in [0.25, 0.3) is 0 Å². The summed E-state index contributed by atoms with van der Waals surface area (Å²) in [5.74, 6) is -10.5. The van der Waals surface area contributed by atoms with Gasteiger partial charge >= 0.3 is 35.8 Å². The summed E-state index contributed by atoms with van der Waals surface area (Å²) in [6.45, 7) is 10.9. The molecule has 4 amide bonds. The summed E-state index contributed by atoms with van der Waals surface area (Å²) >= 11 is 0. The fraction of sp³-hybridized carbons (Fsp3) is 0.563. The molecule has 2 heterocycles. The number of aliphatic hydroxyl groups is 2. The van der Waals surface area contributed by atoms with E-state index in [1.54, 1.807) is 66.7 Å². The number of amides is 4. The SMILES string of the molecule is CC(=O)O[C@H]1C(=O)[C@@]2(C)[C@H]([C@H](OC(=O)c3ccccc3)[C@]3(O)C[C@H](OC(=O)[C@H](OC(=O)CCCC(=O)NCCOCCOCCOCCOCCOCCOCCC(=O)ON4C(=O)CCC4=O)[C@@H](NC(=O)c4ccccc4)c4ccccc4)C(C)=C1C3(C)C)[C@]1(OC(C)=O)CO[C@@H]1C[C@@H]2O. The van der Waals surface area contributed by atoms with Gasteiger partial charge in [0.1, 0.15) is 30.0 Å². The molecular weight excluding hydrogens is 1310 g/mol. The molecule has 4 fully saturated rings. The highest BCUT2D eigenvalue weighted by Gasteiger charge is 2.78. The number of imide groups is 1. The molecule has 3 aromatic carbocycles. The number of hydroxylamine groups is 2. The van der Waals surface area contributed by atoms with Crippen molar-refractivity contribution in [3.8, 4) is 0 Å². The van der Waals surface area contributed by atoms with E-state index in [1.165, 1.54) is 52.0 Å². The van der Waals surface area contributed by atoms with Crippen molar-refractivity contribution in [2.75, 3.05) is 92.4 Å². The van der Waals surface area contributed by atoms with Crippen LogP contribution in [-0.4, -0.2) is 221 Å². The van der Waals surface area contributed by atoms with Crippen LogP contribution in [0.1, 0.15) is 125 Å². The summed E-state index contributed by atoms with van der Waals surface area (Å²) < 4.78 is 69.9. The van der Waals surface area contributed by atoms with Gasteiger partial charge in [0, 0.05) is 69.9 Å². The maximum absolute atomic E-state index is 15.9. The Hall–Kier alpha value is -8.39. The molecule has 0 radical (unpaired) electrons. The van der Waals surface area contributed by atoms with Gasteiger partial charge in [-0.1, -0.05) is 80.6 Å². The largest absolute Gasteiger partial charge is 0.455 e. The molecule has 2 aliphatic heterocycles. The van der Waals surface area contributed by atoms with Crippen LogP contribution in [0.3, 0.4) is 0 Å². The van der Waals surface area contributed by atoms with Crippen molar-refractivity contribution in [2.45, 2.75) is 147 Å². The third-order valence-electron chi connectivity index (χ3n) is 18.6. The van der Waals surface area contributed by atoms with Crippen molar-refractivity contribution in [2.24, 2.45) is 16.7 Å². The van der Waals surface area contributed by atoms with Crippen LogP contribution in [0.5, 0.6) is 0 Å². The van der Waals surface area contributed by atoms with Gasteiger partial charge in [0.2, 0.25) is 12.0 Å². The molecule has 29 nitrogen and oxygen atoms in total. The van der Waals surface area contributed by atoms with E-state index in [0.29, 0.717) is 44.7 Å². The lowest BCUT2D eigenvalue weighted by Crippen LogP contribution is -2.82. The lowest BCUT2D eigenvalue weighted by Gasteiger charge is -2.67. The second kappa shape index (κ2) is 35.8. The van der Waals surface area contributed by atoms with Crippen LogP contribution in [-0.2, 0) is 105 Å². The number of rotatable bonds is 37. The Morgan fingerprint density at radius 3 is 1.73 bits per heavy atom. The fourth-order valence-electron chi connectivity index (χ4n) is 13.4. The first kappa shape index (κ1) is 77.3. The summed E-state index contributed by atoms with van der Waals surface area (Å²) in [7, 11) is 0. The van der Waals surface area contributed by atoms with E-state index in [0.717, 1.165) is 13.8 Å². The number of hydrogen-bond acceptors (Lipinski definition) is 26. The van der Waals surface area contributed by atoms with E-state index >= 15 is 9.59 Å². The van der Waals surface area contributed by atoms with Gasteiger partial charge < -0.3 is 82.5 Å². The Morgan fingerprint density at radius 1 is 0.650 bits per heavy atom. The van der Waals surface area contributed by atoms with Gasteiger partial charge in [-0.25, -0.2) is 14.4 Å². The topological polar surface area (TPSA) is 376 Å². The number of carbonyl (C=O) groups is 11. The van der Waals surface area contributed by atoms with Gasteiger partial charge in [0.15, 0.2) is 17.5 Å². The summed E-state index contributed by atoms with van der Waals surface area (Å²) in [5.41, 5.74) is -7.84. The second-order valence-electron chi connectivity index (χ2n) is 25.5. The van der Waals surface area contributed by atoms with Crippen molar-refractivity contribution in [3.63, 3.8) is 0 Å². The van der Waals surface area contributed by atoms with Crippen molar-refractivity contribution >= 4 is 65.2 Å². The Morgan fingerprint density at radius 2 is 1.19 bits per heavy atom. The standard InChI is InChI=1S/C71H89N3O26/c1-44-50(42-71(87)64(98-66(85)49-21-14-9-15-22-49)62-69(6,51(77)41-52-70(62,43-94-52)99-46(3)76)63(83)60(95-45(2)75)58(44)68(71,4)5)96-67(86)61(59(47-17-10-7-11-18-47)73-65(84)48-19-12-8-13-20-48)97-56(81)24-16-23-53(78)72-28-30-89-32-34-91-36-38-93-40-39-92-37-35-90-33-31-88-29-27-57(82)100-74-54(79)25-26-55(74)80/h7-15,17-22,50-52,59-62,64,77,87H,16,23-43H2,1-6H3,(H,72,78)(H,73,84)/t50-,51-,52+,59-,60+,61+,62-,64-,69+,70-,71+/m0/s1.